The van der Waals surface area contributed by atoms with Crippen molar-refractivity contribution >= 4 is 40.7 Å². The van der Waals surface area contributed by atoms with Crippen LogP contribution in [0.3, 0.4) is 0 Å². The Balaban J connectivity index is 1.63. The first-order valence-corrected chi connectivity index (χ1v) is 9.58. The summed E-state index contributed by atoms with van der Waals surface area (Å²) in [6, 6.07) is 12.6. The highest BCUT2D eigenvalue weighted by molar-refractivity contribution is 6.34. The Bertz CT molecular complexity index is 1060. The van der Waals surface area contributed by atoms with Crippen molar-refractivity contribution in [2.45, 2.75) is 26.9 Å². The van der Waals surface area contributed by atoms with Gasteiger partial charge in [-0.25, -0.2) is 4.68 Å². The van der Waals surface area contributed by atoms with Crippen molar-refractivity contribution in [1.82, 2.24) is 20.3 Å². The van der Waals surface area contributed by atoms with E-state index in [1.54, 1.807) is 25.1 Å². The van der Waals surface area contributed by atoms with Crippen molar-refractivity contribution < 1.29 is 9.59 Å². The van der Waals surface area contributed by atoms with Gasteiger partial charge in [0.2, 0.25) is 5.91 Å². The van der Waals surface area contributed by atoms with Gasteiger partial charge >= 0.3 is 0 Å². The fourth-order valence-corrected chi connectivity index (χ4v) is 3.14. The number of aryl methyl sites for hydroxylation is 1. The molecule has 2 N–H and O–H groups in total. The highest BCUT2D eigenvalue weighted by Crippen LogP contribution is 2.23. The number of hydrogen-bond donors (Lipinski definition) is 2. The zero-order valence-electron chi connectivity index (χ0n) is 15.9. The van der Waals surface area contributed by atoms with Crippen molar-refractivity contribution in [3.05, 3.63) is 75.0 Å². The van der Waals surface area contributed by atoms with Gasteiger partial charge in [-0.2, -0.15) is 0 Å². The Morgan fingerprint density at radius 1 is 1.07 bits per heavy atom. The third-order valence-electron chi connectivity index (χ3n) is 4.30. The topological polar surface area (TPSA) is 88.9 Å². The number of carbonyl (C=O) groups excluding carboxylic acids is 2. The molecule has 0 bridgehead atoms. The molecule has 0 unspecified atom stereocenters. The molecular formula is C20H19Cl2N5O2. The van der Waals surface area contributed by atoms with Crippen LogP contribution in [-0.4, -0.2) is 26.8 Å². The van der Waals surface area contributed by atoms with E-state index in [1.807, 2.05) is 31.2 Å². The summed E-state index contributed by atoms with van der Waals surface area (Å²) in [5.74, 6) is -0.720. The SMILES string of the molecule is Cc1ccc(NC(=O)c2nnn(CC(=O)NCc3ccccc3Cl)c2C)c(Cl)c1. The molecule has 2 amide bonds. The lowest BCUT2D eigenvalue weighted by Gasteiger charge is -2.08. The van der Waals surface area contributed by atoms with E-state index in [2.05, 4.69) is 20.9 Å². The summed E-state index contributed by atoms with van der Waals surface area (Å²) in [6.07, 6.45) is 0. The van der Waals surface area contributed by atoms with Crippen molar-refractivity contribution in [1.29, 1.82) is 0 Å². The normalized spacial score (nSPS) is 10.6. The van der Waals surface area contributed by atoms with Gasteiger partial charge in [-0.05, 0) is 43.2 Å². The van der Waals surface area contributed by atoms with Crippen molar-refractivity contribution in [2.75, 3.05) is 5.32 Å². The molecule has 2 aromatic carbocycles. The maximum absolute atomic E-state index is 12.5. The number of rotatable bonds is 6. The summed E-state index contributed by atoms with van der Waals surface area (Å²) >= 11 is 12.2. The van der Waals surface area contributed by atoms with Crippen LogP contribution in [0.15, 0.2) is 42.5 Å². The molecule has 3 aromatic rings. The number of aromatic nitrogens is 3. The van der Waals surface area contributed by atoms with Gasteiger partial charge in [0.15, 0.2) is 5.69 Å². The number of hydrogen-bond acceptors (Lipinski definition) is 4. The van der Waals surface area contributed by atoms with E-state index in [9.17, 15) is 9.59 Å². The van der Waals surface area contributed by atoms with Crippen LogP contribution in [0.1, 0.15) is 27.3 Å². The van der Waals surface area contributed by atoms with Crippen LogP contribution in [-0.2, 0) is 17.9 Å². The molecule has 0 aliphatic rings. The largest absolute Gasteiger partial charge is 0.350 e. The van der Waals surface area contributed by atoms with Crippen LogP contribution in [0, 0.1) is 13.8 Å². The number of anilines is 1. The lowest BCUT2D eigenvalue weighted by atomic mass is 10.2. The van der Waals surface area contributed by atoms with Gasteiger partial charge in [-0.15, -0.1) is 5.10 Å². The molecule has 0 fully saturated rings. The third-order valence-corrected chi connectivity index (χ3v) is 4.98. The molecule has 0 atom stereocenters. The monoisotopic (exact) mass is 431 g/mol. The van der Waals surface area contributed by atoms with E-state index in [1.165, 1.54) is 4.68 Å². The Kier molecular flexibility index (Phi) is 6.51. The molecule has 29 heavy (non-hydrogen) atoms. The molecule has 0 radical (unpaired) electrons. The fourth-order valence-electron chi connectivity index (χ4n) is 2.65. The molecule has 9 heteroatoms. The van der Waals surface area contributed by atoms with E-state index >= 15 is 0 Å². The average molecular weight is 432 g/mol. The van der Waals surface area contributed by atoms with E-state index in [0.717, 1.165) is 11.1 Å². The predicted molar refractivity (Wildman–Crippen MR) is 112 cm³/mol. The highest BCUT2D eigenvalue weighted by atomic mass is 35.5. The maximum Gasteiger partial charge on any atom is 0.278 e. The molecule has 0 spiro atoms. The quantitative estimate of drug-likeness (QED) is 0.621. The van der Waals surface area contributed by atoms with Crippen LogP contribution in [0.4, 0.5) is 5.69 Å². The zero-order valence-corrected chi connectivity index (χ0v) is 17.4. The fraction of sp³-hybridized carbons (Fsp3) is 0.200. The minimum absolute atomic E-state index is 0.0676. The molecule has 150 valence electrons. The molecule has 0 aliphatic carbocycles. The van der Waals surface area contributed by atoms with E-state index < -0.39 is 5.91 Å². The van der Waals surface area contributed by atoms with Crippen LogP contribution < -0.4 is 10.6 Å². The van der Waals surface area contributed by atoms with Gasteiger partial charge < -0.3 is 10.6 Å². The molecule has 0 aliphatic heterocycles. The number of nitrogens with one attached hydrogen (secondary N) is 2. The average Bonchev–Trinajstić information content (AvgIpc) is 3.04. The van der Waals surface area contributed by atoms with Crippen molar-refractivity contribution in [2.24, 2.45) is 0 Å². The third kappa shape index (κ3) is 5.13. The molecule has 1 heterocycles. The number of halogens is 2. The molecule has 1 aromatic heterocycles. The number of nitrogens with zero attached hydrogens (tertiary/aromatic N) is 3. The Morgan fingerprint density at radius 3 is 2.55 bits per heavy atom. The van der Waals surface area contributed by atoms with Crippen LogP contribution in [0.5, 0.6) is 0 Å². The summed E-state index contributed by atoms with van der Waals surface area (Å²) in [4.78, 5) is 24.8. The van der Waals surface area contributed by atoms with E-state index in [0.29, 0.717) is 28.0 Å². The summed E-state index contributed by atoms with van der Waals surface area (Å²) < 4.78 is 1.37. The Labute approximate surface area is 178 Å². The number of carbonyl (C=O) groups is 2. The lowest BCUT2D eigenvalue weighted by Crippen LogP contribution is -2.28. The molecule has 7 nitrogen and oxygen atoms in total. The Hall–Kier alpha value is -2.90. The second-order valence-corrected chi connectivity index (χ2v) is 7.30. The number of benzene rings is 2. The standard InChI is InChI=1S/C20H19Cl2N5O2/c1-12-7-8-17(16(22)9-12)24-20(29)19-13(2)27(26-25-19)11-18(28)23-10-14-5-3-4-6-15(14)21/h3-9H,10-11H2,1-2H3,(H,23,28)(H,24,29). The van der Waals surface area contributed by atoms with Gasteiger partial charge in [0.25, 0.3) is 5.91 Å². The zero-order chi connectivity index (χ0) is 21.0. The summed E-state index contributed by atoms with van der Waals surface area (Å²) in [5, 5.41) is 14.3. The minimum Gasteiger partial charge on any atom is -0.350 e. The van der Waals surface area contributed by atoms with E-state index in [-0.39, 0.29) is 18.1 Å². The van der Waals surface area contributed by atoms with Crippen LogP contribution >= 0.6 is 23.2 Å². The molecular weight excluding hydrogens is 413 g/mol. The molecule has 0 saturated carbocycles. The second kappa shape index (κ2) is 9.07. The Morgan fingerprint density at radius 2 is 1.83 bits per heavy atom. The molecule has 3 rings (SSSR count). The van der Waals surface area contributed by atoms with Crippen LogP contribution in [0.2, 0.25) is 10.0 Å². The van der Waals surface area contributed by atoms with Gasteiger partial charge in [0.05, 0.1) is 16.4 Å². The highest BCUT2D eigenvalue weighted by Gasteiger charge is 2.19. The first-order valence-electron chi connectivity index (χ1n) is 8.83. The summed E-state index contributed by atoms with van der Waals surface area (Å²) in [7, 11) is 0. The van der Waals surface area contributed by atoms with Gasteiger partial charge in [0, 0.05) is 11.6 Å². The van der Waals surface area contributed by atoms with E-state index in [4.69, 9.17) is 23.2 Å². The van der Waals surface area contributed by atoms with Gasteiger partial charge in [-0.3, -0.25) is 9.59 Å². The predicted octanol–water partition coefficient (Wildman–Crippen LogP) is 3.77. The smallest absolute Gasteiger partial charge is 0.278 e. The number of amides is 2. The second-order valence-electron chi connectivity index (χ2n) is 6.49. The lowest BCUT2D eigenvalue weighted by molar-refractivity contribution is -0.122. The van der Waals surface area contributed by atoms with Crippen LogP contribution in [0.25, 0.3) is 0 Å². The first-order chi connectivity index (χ1) is 13.8. The van der Waals surface area contributed by atoms with Gasteiger partial charge in [-0.1, -0.05) is 52.7 Å². The van der Waals surface area contributed by atoms with Crippen molar-refractivity contribution in [3.63, 3.8) is 0 Å². The van der Waals surface area contributed by atoms with Crippen molar-refractivity contribution in [3.8, 4) is 0 Å². The van der Waals surface area contributed by atoms with Gasteiger partial charge in [0.1, 0.15) is 6.54 Å². The minimum atomic E-state index is -0.448. The molecule has 0 saturated heterocycles. The summed E-state index contributed by atoms with van der Waals surface area (Å²) in [5.41, 5.74) is 2.87. The maximum atomic E-state index is 12.5. The summed E-state index contributed by atoms with van der Waals surface area (Å²) in [6.45, 7) is 3.81. The first kappa shape index (κ1) is 20.8.